The Labute approximate surface area is 157 Å². The number of thiazole rings is 1. The first-order chi connectivity index (χ1) is 12.6. The van der Waals surface area contributed by atoms with Crippen molar-refractivity contribution in [3.05, 3.63) is 69.9 Å². The van der Waals surface area contributed by atoms with Crippen molar-refractivity contribution in [3.8, 4) is 5.75 Å². The van der Waals surface area contributed by atoms with E-state index >= 15 is 0 Å². The number of aromatic nitrogens is 2. The number of carbonyl (C=O) groups is 1. The summed E-state index contributed by atoms with van der Waals surface area (Å²) >= 11 is 1.49. The van der Waals surface area contributed by atoms with Crippen LogP contribution in [0.1, 0.15) is 28.9 Å². The number of hydrogen-bond acceptors (Lipinski definition) is 5. The van der Waals surface area contributed by atoms with E-state index in [0.717, 1.165) is 28.5 Å². The third kappa shape index (κ3) is 5.13. The van der Waals surface area contributed by atoms with Crippen molar-refractivity contribution >= 4 is 22.9 Å². The number of ether oxygens (including phenoxy) is 1. The van der Waals surface area contributed by atoms with Crippen molar-refractivity contribution in [3.63, 3.8) is 0 Å². The van der Waals surface area contributed by atoms with Crippen LogP contribution in [0.4, 0.5) is 5.69 Å². The van der Waals surface area contributed by atoms with E-state index in [1.54, 1.807) is 6.20 Å². The zero-order chi connectivity index (χ0) is 18.4. The van der Waals surface area contributed by atoms with Crippen molar-refractivity contribution in [1.29, 1.82) is 0 Å². The summed E-state index contributed by atoms with van der Waals surface area (Å²) in [5, 5.41) is 5.63. The molecule has 3 rings (SSSR count). The number of nitrogens with zero attached hydrogens (tertiary/aromatic N) is 2. The molecular formula is C20H21N3O2S. The molecule has 0 atom stereocenters. The molecule has 1 aromatic carbocycles. The average Bonchev–Trinajstić information content (AvgIpc) is 3.09. The number of hydrogen-bond donors (Lipinski definition) is 1. The van der Waals surface area contributed by atoms with Crippen molar-refractivity contribution in [2.75, 3.05) is 5.32 Å². The van der Waals surface area contributed by atoms with Crippen molar-refractivity contribution in [2.24, 2.45) is 0 Å². The molecule has 6 heteroatoms. The van der Waals surface area contributed by atoms with Gasteiger partial charge in [-0.2, -0.15) is 0 Å². The molecule has 2 aromatic heterocycles. The minimum atomic E-state index is -0.0743. The van der Waals surface area contributed by atoms with Gasteiger partial charge in [-0.05, 0) is 43.2 Å². The van der Waals surface area contributed by atoms with E-state index in [2.05, 4.69) is 22.2 Å². The van der Waals surface area contributed by atoms with Gasteiger partial charge in [0.05, 0.1) is 18.3 Å². The fraction of sp³-hybridized carbons (Fsp3) is 0.250. The van der Waals surface area contributed by atoms with E-state index in [-0.39, 0.29) is 12.3 Å². The zero-order valence-corrected chi connectivity index (χ0v) is 15.7. The SMILES string of the molecule is CCc1ccc(NC(=O)Cc2csc(COc3ccc(C)nc3)n2)cc1. The molecule has 0 fully saturated rings. The van der Waals surface area contributed by atoms with Gasteiger partial charge in [-0.25, -0.2) is 4.98 Å². The lowest BCUT2D eigenvalue weighted by Gasteiger charge is -2.05. The van der Waals surface area contributed by atoms with E-state index in [1.165, 1.54) is 16.9 Å². The molecule has 0 aliphatic heterocycles. The zero-order valence-electron chi connectivity index (χ0n) is 14.9. The maximum atomic E-state index is 12.2. The molecule has 2 heterocycles. The molecule has 5 nitrogen and oxygen atoms in total. The van der Waals surface area contributed by atoms with Crippen LogP contribution in [0.15, 0.2) is 48.0 Å². The molecule has 26 heavy (non-hydrogen) atoms. The molecule has 0 unspecified atom stereocenters. The molecule has 0 aliphatic rings. The fourth-order valence-corrected chi connectivity index (χ4v) is 3.08. The smallest absolute Gasteiger partial charge is 0.230 e. The Morgan fingerprint density at radius 2 is 2.00 bits per heavy atom. The van der Waals surface area contributed by atoms with E-state index in [0.29, 0.717) is 12.4 Å². The molecule has 0 aliphatic carbocycles. The number of carbonyl (C=O) groups excluding carboxylic acids is 1. The molecule has 0 saturated carbocycles. The van der Waals surface area contributed by atoms with Gasteiger partial charge >= 0.3 is 0 Å². The topological polar surface area (TPSA) is 64.1 Å². The molecule has 3 aromatic rings. The summed E-state index contributed by atoms with van der Waals surface area (Å²) in [4.78, 5) is 20.8. The highest BCUT2D eigenvalue weighted by Crippen LogP contribution is 2.16. The minimum absolute atomic E-state index is 0.0743. The van der Waals surface area contributed by atoms with Crippen molar-refractivity contribution in [1.82, 2.24) is 9.97 Å². The second-order valence-corrected chi connectivity index (χ2v) is 6.87. The number of benzene rings is 1. The van der Waals surface area contributed by atoms with Crippen molar-refractivity contribution in [2.45, 2.75) is 33.3 Å². The first-order valence-corrected chi connectivity index (χ1v) is 9.38. The first-order valence-electron chi connectivity index (χ1n) is 8.50. The fourth-order valence-electron chi connectivity index (χ4n) is 2.37. The maximum absolute atomic E-state index is 12.2. The van der Waals surface area contributed by atoms with Gasteiger partial charge in [0, 0.05) is 16.8 Å². The van der Waals surface area contributed by atoms with Gasteiger partial charge in [0.1, 0.15) is 17.4 Å². The summed E-state index contributed by atoms with van der Waals surface area (Å²) in [5.41, 5.74) is 3.75. The van der Waals surface area contributed by atoms with Gasteiger partial charge in [0.2, 0.25) is 5.91 Å². The Kier molecular flexibility index (Phi) is 5.96. The number of nitrogens with one attached hydrogen (secondary N) is 1. The molecule has 1 N–H and O–H groups in total. The second kappa shape index (κ2) is 8.58. The lowest BCUT2D eigenvalue weighted by Crippen LogP contribution is -2.14. The normalized spacial score (nSPS) is 10.5. The summed E-state index contributed by atoms with van der Waals surface area (Å²) in [6, 6.07) is 11.7. The van der Waals surface area contributed by atoms with E-state index in [1.807, 2.05) is 48.7 Å². The predicted molar refractivity (Wildman–Crippen MR) is 104 cm³/mol. The first kappa shape index (κ1) is 18.1. The molecule has 0 radical (unpaired) electrons. The lowest BCUT2D eigenvalue weighted by atomic mass is 10.1. The number of amides is 1. The van der Waals surface area contributed by atoms with Crippen LogP contribution >= 0.6 is 11.3 Å². The quantitative estimate of drug-likeness (QED) is 0.681. The Morgan fingerprint density at radius 3 is 2.69 bits per heavy atom. The van der Waals surface area contributed by atoms with Gasteiger partial charge in [0.25, 0.3) is 0 Å². The number of aryl methyl sites for hydroxylation is 2. The van der Waals surface area contributed by atoms with Crippen molar-refractivity contribution < 1.29 is 9.53 Å². The summed E-state index contributed by atoms with van der Waals surface area (Å²) in [5.74, 6) is 0.635. The van der Waals surface area contributed by atoms with Crippen LogP contribution in [0, 0.1) is 6.92 Å². The maximum Gasteiger partial charge on any atom is 0.230 e. The van der Waals surface area contributed by atoms with Crippen LogP contribution in [-0.2, 0) is 24.2 Å². The Hall–Kier alpha value is -2.73. The monoisotopic (exact) mass is 367 g/mol. The molecule has 1 amide bonds. The van der Waals surface area contributed by atoms with Crippen LogP contribution in [0.25, 0.3) is 0 Å². The van der Waals surface area contributed by atoms with E-state index in [9.17, 15) is 4.79 Å². The molecular weight excluding hydrogens is 346 g/mol. The summed E-state index contributed by atoms with van der Waals surface area (Å²) in [6.07, 6.45) is 2.93. The summed E-state index contributed by atoms with van der Waals surface area (Å²) in [6.45, 7) is 4.40. The Morgan fingerprint density at radius 1 is 1.19 bits per heavy atom. The second-order valence-electron chi connectivity index (χ2n) is 5.93. The molecule has 0 bridgehead atoms. The Balaban J connectivity index is 1.50. The predicted octanol–water partition coefficient (Wildman–Crippen LogP) is 4.17. The molecule has 0 spiro atoms. The van der Waals surface area contributed by atoms with Crippen LogP contribution in [0.2, 0.25) is 0 Å². The minimum Gasteiger partial charge on any atom is -0.485 e. The third-order valence-corrected chi connectivity index (χ3v) is 4.70. The van der Waals surface area contributed by atoms with Crippen LogP contribution in [0.3, 0.4) is 0 Å². The van der Waals surface area contributed by atoms with Gasteiger partial charge in [-0.15, -0.1) is 11.3 Å². The van der Waals surface area contributed by atoms with Gasteiger partial charge in [0.15, 0.2) is 0 Å². The standard InChI is InChI=1S/C20H21N3O2S/c1-3-15-5-7-16(8-6-15)22-19(24)10-17-13-26-20(23-17)12-25-18-9-4-14(2)21-11-18/h4-9,11,13H,3,10,12H2,1-2H3,(H,22,24). The average molecular weight is 367 g/mol. The van der Waals surface area contributed by atoms with Crippen LogP contribution in [-0.4, -0.2) is 15.9 Å². The number of anilines is 1. The molecule has 0 saturated heterocycles. The summed E-state index contributed by atoms with van der Waals surface area (Å²) in [7, 11) is 0. The highest BCUT2D eigenvalue weighted by atomic mass is 32.1. The highest BCUT2D eigenvalue weighted by molar-refractivity contribution is 7.09. The number of rotatable bonds is 7. The van der Waals surface area contributed by atoms with Gasteiger partial charge in [-0.1, -0.05) is 19.1 Å². The van der Waals surface area contributed by atoms with Gasteiger partial charge < -0.3 is 10.1 Å². The van der Waals surface area contributed by atoms with Crippen LogP contribution < -0.4 is 10.1 Å². The van der Waals surface area contributed by atoms with Gasteiger partial charge in [-0.3, -0.25) is 9.78 Å². The largest absolute Gasteiger partial charge is 0.485 e. The Bertz CT molecular complexity index is 858. The van der Waals surface area contributed by atoms with Crippen LogP contribution in [0.5, 0.6) is 5.75 Å². The number of pyridine rings is 1. The van der Waals surface area contributed by atoms with E-state index < -0.39 is 0 Å². The third-order valence-electron chi connectivity index (χ3n) is 3.83. The lowest BCUT2D eigenvalue weighted by molar-refractivity contribution is -0.115. The molecule has 134 valence electrons. The van der Waals surface area contributed by atoms with E-state index in [4.69, 9.17) is 4.74 Å². The summed E-state index contributed by atoms with van der Waals surface area (Å²) < 4.78 is 5.67. The highest BCUT2D eigenvalue weighted by Gasteiger charge is 2.09.